The van der Waals surface area contributed by atoms with Crippen molar-refractivity contribution in [3.05, 3.63) is 54.2 Å². The minimum absolute atomic E-state index is 0.0593. The van der Waals surface area contributed by atoms with Crippen molar-refractivity contribution in [3.8, 4) is 5.75 Å². The molecule has 0 saturated carbocycles. The average Bonchev–Trinajstić information content (AvgIpc) is 3.32. The highest BCUT2D eigenvalue weighted by Crippen LogP contribution is 2.36. The summed E-state index contributed by atoms with van der Waals surface area (Å²) in [6.45, 7) is 7.23. The van der Waals surface area contributed by atoms with Crippen LogP contribution >= 0.6 is 0 Å². The van der Waals surface area contributed by atoms with E-state index in [1.54, 1.807) is 6.20 Å². The van der Waals surface area contributed by atoms with Gasteiger partial charge in [0.2, 0.25) is 10.0 Å². The first kappa shape index (κ1) is 20.8. The van der Waals surface area contributed by atoms with Crippen molar-refractivity contribution in [1.29, 1.82) is 0 Å². The summed E-state index contributed by atoms with van der Waals surface area (Å²) in [5.41, 5.74) is 2.16. The van der Waals surface area contributed by atoms with E-state index in [0.29, 0.717) is 25.3 Å². The van der Waals surface area contributed by atoms with Crippen LogP contribution in [0.1, 0.15) is 38.7 Å². The molecule has 6 nitrogen and oxygen atoms in total. The summed E-state index contributed by atoms with van der Waals surface area (Å²) in [5, 5.41) is 1.09. The Morgan fingerprint density at radius 1 is 1.30 bits per heavy atom. The van der Waals surface area contributed by atoms with E-state index >= 15 is 0 Å². The van der Waals surface area contributed by atoms with Gasteiger partial charge in [-0.25, -0.2) is 12.8 Å². The van der Waals surface area contributed by atoms with Gasteiger partial charge in [0.25, 0.3) is 0 Å². The van der Waals surface area contributed by atoms with E-state index in [1.165, 1.54) is 16.4 Å². The number of benzene rings is 1. The highest BCUT2D eigenvalue weighted by molar-refractivity contribution is 7.89. The molecule has 3 heterocycles. The van der Waals surface area contributed by atoms with Crippen LogP contribution in [0.4, 0.5) is 4.39 Å². The topological polar surface area (TPSA) is 64.4 Å². The molecular weight excluding hydrogens is 405 g/mol. The zero-order valence-electron chi connectivity index (χ0n) is 17.4. The van der Waals surface area contributed by atoms with E-state index < -0.39 is 15.8 Å². The van der Waals surface area contributed by atoms with E-state index in [4.69, 9.17) is 4.74 Å². The second-order valence-electron chi connectivity index (χ2n) is 7.87. The average molecular weight is 432 g/mol. The van der Waals surface area contributed by atoms with Crippen molar-refractivity contribution < 1.29 is 17.5 Å². The van der Waals surface area contributed by atoms with E-state index in [-0.39, 0.29) is 16.9 Å². The number of aromatic nitrogens is 2. The zero-order valence-corrected chi connectivity index (χ0v) is 18.2. The van der Waals surface area contributed by atoms with Crippen LogP contribution in [-0.4, -0.2) is 41.5 Å². The number of nitrogens with zero attached hydrogens (tertiary/aromatic N) is 3. The molecule has 3 aromatic rings. The normalized spacial score (nSPS) is 17.8. The van der Waals surface area contributed by atoms with E-state index in [2.05, 4.69) is 22.7 Å². The molecule has 4 rings (SSSR count). The van der Waals surface area contributed by atoms with E-state index in [9.17, 15) is 12.8 Å². The van der Waals surface area contributed by atoms with Crippen LogP contribution in [0.2, 0.25) is 0 Å². The maximum absolute atomic E-state index is 14.6. The van der Waals surface area contributed by atoms with Crippen LogP contribution in [0.5, 0.6) is 5.75 Å². The monoisotopic (exact) mass is 431 g/mol. The van der Waals surface area contributed by atoms with Crippen molar-refractivity contribution in [1.82, 2.24) is 13.9 Å². The van der Waals surface area contributed by atoms with Gasteiger partial charge in [-0.2, -0.15) is 4.31 Å². The van der Waals surface area contributed by atoms with Crippen molar-refractivity contribution in [2.24, 2.45) is 0 Å². The molecule has 8 heteroatoms. The van der Waals surface area contributed by atoms with Gasteiger partial charge in [0.05, 0.1) is 17.8 Å². The van der Waals surface area contributed by atoms with Crippen LogP contribution in [0.3, 0.4) is 0 Å². The maximum atomic E-state index is 14.6. The van der Waals surface area contributed by atoms with Crippen LogP contribution in [-0.2, 0) is 16.6 Å². The van der Waals surface area contributed by atoms with Crippen LogP contribution in [0.25, 0.3) is 10.9 Å². The minimum atomic E-state index is -3.92. The first-order valence-electron chi connectivity index (χ1n) is 10.2. The molecule has 2 aromatic heterocycles. The Hall–Kier alpha value is -2.45. The number of halogens is 1. The van der Waals surface area contributed by atoms with Crippen molar-refractivity contribution in [2.75, 3.05) is 13.1 Å². The largest absolute Gasteiger partial charge is 0.491 e. The van der Waals surface area contributed by atoms with Gasteiger partial charge in [-0.05, 0) is 51.0 Å². The van der Waals surface area contributed by atoms with Gasteiger partial charge in [0.1, 0.15) is 16.5 Å². The number of fused-ring (bicyclic) bond motifs is 1. The number of ether oxygens (including phenoxy) is 1. The lowest BCUT2D eigenvalue weighted by molar-refractivity contribution is 0.241. The molecule has 160 valence electrons. The predicted octanol–water partition coefficient (Wildman–Crippen LogP) is 4.16. The van der Waals surface area contributed by atoms with Crippen LogP contribution < -0.4 is 4.74 Å². The Kier molecular flexibility index (Phi) is 5.55. The molecule has 1 aliphatic heterocycles. The number of hydrogen-bond donors (Lipinski definition) is 0. The molecule has 0 spiro atoms. The van der Waals surface area contributed by atoms with Crippen molar-refractivity contribution in [3.63, 3.8) is 0 Å². The minimum Gasteiger partial charge on any atom is -0.491 e. The molecule has 0 amide bonds. The Bertz CT molecular complexity index is 1170. The number of sulfonamides is 1. The number of rotatable bonds is 6. The second kappa shape index (κ2) is 8.00. The van der Waals surface area contributed by atoms with E-state index in [0.717, 1.165) is 29.1 Å². The van der Waals surface area contributed by atoms with Gasteiger partial charge >= 0.3 is 0 Å². The first-order valence-corrected chi connectivity index (χ1v) is 11.6. The van der Waals surface area contributed by atoms with Gasteiger partial charge in [0.15, 0.2) is 0 Å². The lowest BCUT2D eigenvalue weighted by atomic mass is 9.98. The third-order valence-corrected chi connectivity index (χ3v) is 7.44. The molecule has 30 heavy (non-hydrogen) atoms. The molecule has 1 aromatic carbocycles. The quantitative estimate of drug-likeness (QED) is 0.588. The predicted molar refractivity (Wildman–Crippen MR) is 114 cm³/mol. The van der Waals surface area contributed by atoms with Gasteiger partial charge in [-0.15, -0.1) is 0 Å². The van der Waals surface area contributed by atoms with Gasteiger partial charge in [0, 0.05) is 49.4 Å². The fourth-order valence-corrected chi connectivity index (χ4v) is 5.67. The maximum Gasteiger partial charge on any atom is 0.246 e. The summed E-state index contributed by atoms with van der Waals surface area (Å²) in [6, 6.07) is 5.92. The fraction of sp³-hybridized carbons (Fsp3) is 0.409. The lowest BCUT2D eigenvalue weighted by Crippen LogP contribution is -2.29. The summed E-state index contributed by atoms with van der Waals surface area (Å²) in [6.07, 6.45) is 6.26. The molecule has 0 radical (unpaired) electrons. The van der Waals surface area contributed by atoms with Gasteiger partial charge in [-0.1, -0.05) is 0 Å². The first-order chi connectivity index (χ1) is 14.3. The molecule has 1 unspecified atom stereocenters. The van der Waals surface area contributed by atoms with Crippen LogP contribution in [0.15, 0.2) is 47.8 Å². The van der Waals surface area contributed by atoms with Gasteiger partial charge < -0.3 is 9.30 Å². The number of pyridine rings is 1. The Morgan fingerprint density at radius 3 is 2.80 bits per heavy atom. The summed E-state index contributed by atoms with van der Waals surface area (Å²) < 4.78 is 49.8. The standard InChI is InChI=1S/C22H26FN3O3S/c1-4-25-14-19(18-7-9-24-12-21(18)25)16-8-10-26(13-16)30(27,28)22-6-5-17(11-20(22)23)29-15(2)3/h5-7,9,11-12,14-16H,4,8,10,13H2,1-3H3. The Morgan fingerprint density at radius 2 is 2.10 bits per heavy atom. The molecular formula is C22H26FN3O3S. The molecule has 0 N–H and O–H groups in total. The molecule has 1 saturated heterocycles. The third kappa shape index (κ3) is 3.70. The molecule has 0 aliphatic carbocycles. The molecule has 1 fully saturated rings. The fourth-order valence-electron chi connectivity index (χ4n) is 4.13. The highest BCUT2D eigenvalue weighted by Gasteiger charge is 2.36. The van der Waals surface area contributed by atoms with E-state index in [1.807, 2.05) is 26.1 Å². The third-order valence-electron chi connectivity index (χ3n) is 5.54. The summed E-state index contributed by atoms with van der Waals surface area (Å²) in [4.78, 5) is 3.90. The summed E-state index contributed by atoms with van der Waals surface area (Å²) in [5.74, 6) is -0.406. The zero-order chi connectivity index (χ0) is 21.5. The SMILES string of the molecule is CCn1cc(C2CCN(S(=O)(=O)c3ccc(OC(C)C)cc3F)C2)c2ccncc21. The van der Waals surface area contributed by atoms with Crippen molar-refractivity contribution in [2.45, 2.75) is 50.7 Å². The van der Waals surface area contributed by atoms with Crippen molar-refractivity contribution >= 4 is 20.9 Å². The molecule has 1 atom stereocenters. The van der Waals surface area contributed by atoms with Crippen LogP contribution in [0, 0.1) is 5.82 Å². The summed E-state index contributed by atoms with van der Waals surface area (Å²) >= 11 is 0. The number of hydrogen-bond acceptors (Lipinski definition) is 4. The number of aryl methyl sites for hydroxylation is 1. The highest BCUT2D eigenvalue weighted by atomic mass is 32.2. The second-order valence-corrected chi connectivity index (χ2v) is 9.78. The Balaban J connectivity index is 1.60. The smallest absolute Gasteiger partial charge is 0.246 e. The molecule has 0 bridgehead atoms. The summed E-state index contributed by atoms with van der Waals surface area (Å²) in [7, 11) is -3.92. The molecule has 1 aliphatic rings. The lowest BCUT2D eigenvalue weighted by Gasteiger charge is -2.18. The Labute approximate surface area is 176 Å². The van der Waals surface area contributed by atoms with Gasteiger partial charge in [-0.3, -0.25) is 4.98 Å².